The molecule has 1 unspecified atom stereocenters. The van der Waals surface area contributed by atoms with E-state index in [9.17, 15) is 0 Å². The molecule has 0 bridgehead atoms. The lowest BCUT2D eigenvalue weighted by Crippen LogP contribution is -2.18. The van der Waals surface area contributed by atoms with Gasteiger partial charge in [-0.15, -0.1) is 0 Å². The maximum absolute atomic E-state index is 6.00. The summed E-state index contributed by atoms with van der Waals surface area (Å²) in [5, 5.41) is 3.96. The predicted octanol–water partition coefficient (Wildman–Crippen LogP) is 3.36. The summed E-state index contributed by atoms with van der Waals surface area (Å²) in [6.45, 7) is 2.17. The average molecular weight is 260 g/mol. The third kappa shape index (κ3) is 3.58. The van der Waals surface area contributed by atoms with E-state index in [0.717, 1.165) is 17.3 Å². The molecule has 0 radical (unpaired) electrons. The molecule has 4 heteroatoms. The number of nitrogens with one attached hydrogen (secondary N) is 1. The van der Waals surface area contributed by atoms with Gasteiger partial charge in [0.25, 0.3) is 0 Å². The highest BCUT2D eigenvalue weighted by Crippen LogP contribution is 2.28. The molecule has 1 atom stereocenters. The lowest BCUT2D eigenvalue weighted by atomic mass is 10.1. The minimum Gasteiger partial charge on any atom is -0.495 e. The molecule has 0 fully saturated rings. The lowest BCUT2D eigenvalue weighted by Gasteiger charge is -2.17. The number of rotatable bonds is 6. The van der Waals surface area contributed by atoms with Gasteiger partial charge in [-0.1, -0.05) is 24.6 Å². The van der Waals surface area contributed by atoms with Crippen LogP contribution in [0.2, 0.25) is 5.02 Å². The monoisotopic (exact) mass is 259 g/mol. The first-order chi connectivity index (χ1) is 7.72. The smallest absolute Gasteiger partial charge is 0.137 e. The zero-order valence-corrected chi connectivity index (χ0v) is 11.5. The summed E-state index contributed by atoms with van der Waals surface area (Å²) in [6.07, 6.45) is 0. The van der Waals surface area contributed by atoms with E-state index in [1.165, 1.54) is 5.56 Å². The molecule has 0 saturated heterocycles. The molecule has 1 aromatic carbocycles. The molecule has 0 aliphatic carbocycles. The first-order valence-corrected chi connectivity index (χ1v) is 6.84. The molecule has 1 aromatic rings. The van der Waals surface area contributed by atoms with Crippen LogP contribution in [0.1, 0.15) is 18.5 Å². The molecule has 0 aliphatic rings. The molecule has 0 spiro atoms. The molecule has 90 valence electrons. The summed E-state index contributed by atoms with van der Waals surface area (Å²) >= 11 is 7.91. The van der Waals surface area contributed by atoms with Crippen LogP contribution < -0.4 is 10.1 Å². The highest BCUT2D eigenvalue weighted by atomic mass is 35.5. The van der Waals surface area contributed by atoms with E-state index in [-0.39, 0.29) is 0 Å². The fraction of sp³-hybridized carbons (Fsp3) is 0.500. The molecule has 0 aromatic heterocycles. The average Bonchev–Trinajstić information content (AvgIpc) is 2.32. The van der Waals surface area contributed by atoms with Crippen LogP contribution in [0, 0.1) is 0 Å². The molecule has 0 heterocycles. The third-order valence-electron chi connectivity index (χ3n) is 2.41. The van der Waals surface area contributed by atoms with Crippen molar-refractivity contribution in [3.63, 3.8) is 0 Å². The number of hydrogen-bond donors (Lipinski definition) is 1. The van der Waals surface area contributed by atoms with Gasteiger partial charge in [-0.3, -0.25) is 0 Å². The molecule has 2 nitrogen and oxygen atoms in total. The molecule has 0 aliphatic heterocycles. The van der Waals surface area contributed by atoms with Gasteiger partial charge in [0.15, 0.2) is 0 Å². The SMILES string of the molecule is CCSCC(NC)c1ccc(Cl)c(OC)c1. The van der Waals surface area contributed by atoms with Crippen molar-refractivity contribution in [2.45, 2.75) is 13.0 Å². The maximum atomic E-state index is 6.00. The van der Waals surface area contributed by atoms with E-state index in [0.29, 0.717) is 11.1 Å². The fourth-order valence-corrected chi connectivity index (χ4v) is 2.50. The number of halogens is 1. The number of methoxy groups -OCH3 is 1. The maximum Gasteiger partial charge on any atom is 0.137 e. The van der Waals surface area contributed by atoms with Crippen molar-refractivity contribution >= 4 is 23.4 Å². The number of benzene rings is 1. The first kappa shape index (κ1) is 13.7. The van der Waals surface area contributed by atoms with Gasteiger partial charge in [0.2, 0.25) is 0 Å². The van der Waals surface area contributed by atoms with Crippen molar-refractivity contribution in [1.29, 1.82) is 0 Å². The molecule has 0 amide bonds. The molecular formula is C12H18ClNOS. The third-order valence-corrected chi connectivity index (χ3v) is 3.70. The second-order valence-corrected chi connectivity index (χ2v) is 5.12. The predicted molar refractivity (Wildman–Crippen MR) is 72.8 cm³/mol. The van der Waals surface area contributed by atoms with Crippen LogP contribution in [0.5, 0.6) is 5.75 Å². The molecule has 16 heavy (non-hydrogen) atoms. The number of hydrogen-bond acceptors (Lipinski definition) is 3. The van der Waals surface area contributed by atoms with Crippen LogP contribution in [0.15, 0.2) is 18.2 Å². The standard InChI is InChI=1S/C12H18ClNOS/c1-4-16-8-11(14-2)9-5-6-10(13)12(7-9)15-3/h5-7,11,14H,4,8H2,1-3H3. The molecular weight excluding hydrogens is 242 g/mol. The Bertz CT molecular complexity index is 333. The van der Waals surface area contributed by atoms with E-state index in [4.69, 9.17) is 16.3 Å². The van der Waals surface area contributed by atoms with Crippen LogP contribution in [0.3, 0.4) is 0 Å². The van der Waals surface area contributed by atoms with Crippen molar-refractivity contribution in [1.82, 2.24) is 5.32 Å². The normalized spacial score (nSPS) is 12.5. The van der Waals surface area contributed by atoms with Gasteiger partial charge in [-0.25, -0.2) is 0 Å². The summed E-state index contributed by atoms with van der Waals surface area (Å²) in [4.78, 5) is 0. The number of ether oxygens (including phenoxy) is 1. The second-order valence-electron chi connectivity index (χ2n) is 3.39. The zero-order valence-electron chi connectivity index (χ0n) is 9.92. The summed E-state index contributed by atoms with van der Waals surface area (Å²) < 4.78 is 5.22. The van der Waals surface area contributed by atoms with E-state index in [2.05, 4.69) is 12.2 Å². The van der Waals surface area contributed by atoms with Crippen molar-refractivity contribution in [3.8, 4) is 5.75 Å². The van der Waals surface area contributed by atoms with Gasteiger partial charge in [0.05, 0.1) is 12.1 Å². The van der Waals surface area contributed by atoms with Crippen LogP contribution in [-0.4, -0.2) is 25.7 Å². The van der Waals surface area contributed by atoms with E-state index >= 15 is 0 Å². The Labute approximate surface area is 107 Å². The zero-order chi connectivity index (χ0) is 12.0. The lowest BCUT2D eigenvalue weighted by molar-refractivity contribution is 0.414. The van der Waals surface area contributed by atoms with Crippen molar-refractivity contribution in [3.05, 3.63) is 28.8 Å². The van der Waals surface area contributed by atoms with Crippen LogP contribution in [0.25, 0.3) is 0 Å². The van der Waals surface area contributed by atoms with Crippen molar-refractivity contribution in [2.75, 3.05) is 25.7 Å². The largest absolute Gasteiger partial charge is 0.495 e. The Morgan fingerprint density at radius 2 is 2.25 bits per heavy atom. The Kier molecular flexibility index (Phi) is 6.03. The second kappa shape index (κ2) is 7.05. The Morgan fingerprint density at radius 3 is 2.81 bits per heavy atom. The summed E-state index contributed by atoms with van der Waals surface area (Å²) in [5.74, 6) is 2.92. The van der Waals surface area contributed by atoms with Gasteiger partial charge in [-0.2, -0.15) is 11.8 Å². The van der Waals surface area contributed by atoms with Crippen LogP contribution in [0.4, 0.5) is 0 Å². The Balaban J connectivity index is 2.83. The van der Waals surface area contributed by atoms with Crippen LogP contribution in [-0.2, 0) is 0 Å². The fourth-order valence-electron chi connectivity index (χ4n) is 1.48. The Hall–Kier alpha value is -0.380. The number of thioether (sulfide) groups is 1. The van der Waals surface area contributed by atoms with Gasteiger partial charge < -0.3 is 10.1 Å². The summed E-state index contributed by atoms with van der Waals surface area (Å²) in [7, 11) is 3.61. The topological polar surface area (TPSA) is 21.3 Å². The van der Waals surface area contributed by atoms with E-state index in [1.54, 1.807) is 7.11 Å². The van der Waals surface area contributed by atoms with Gasteiger partial charge >= 0.3 is 0 Å². The Morgan fingerprint density at radius 1 is 1.50 bits per heavy atom. The molecule has 1 N–H and O–H groups in total. The van der Waals surface area contributed by atoms with Crippen LogP contribution >= 0.6 is 23.4 Å². The quantitative estimate of drug-likeness (QED) is 0.847. The van der Waals surface area contributed by atoms with Gasteiger partial charge in [-0.05, 0) is 30.5 Å². The van der Waals surface area contributed by atoms with E-state index in [1.807, 2.05) is 37.0 Å². The summed E-state index contributed by atoms with van der Waals surface area (Å²) in [6, 6.07) is 6.27. The molecule has 1 rings (SSSR count). The first-order valence-electron chi connectivity index (χ1n) is 5.31. The summed E-state index contributed by atoms with van der Waals surface area (Å²) in [5.41, 5.74) is 1.21. The molecule has 0 saturated carbocycles. The van der Waals surface area contributed by atoms with Gasteiger partial charge in [0.1, 0.15) is 5.75 Å². The minimum absolute atomic E-state index is 0.344. The van der Waals surface area contributed by atoms with E-state index < -0.39 is 0 Å². The van der Waals surface area contributed by atoms with Crippen molar-refractivity contribution in [2.24, 2.45) is 0 Å². The van der Waals surface area contributed by atoms with Crippen molar-refractivity contribution < 1.29 is 4.74 Å². The highest BCUT2D eigenvalue weighted by molar-refractivity contribution is 7.99. The minimum atomic E-state index is 0.344. The van der Waals surface area contributed by atoms with Gasteiger partial charge in [0, 0.05) is 11.8 Å². The highest BCUT2D eigenvalue weighted by Gasteiger charge is 2.11.